The number of methoxy groups -OCH3 is 1. The maximum Gasteiger partial charge on any atom is 0.343 e. The molecule has 3 rings (SSSR count). The second-order valence-corrected chi connectivity index (χ2v) is 6.41. The van der Waals surface area contributed by atoms with Gasteiger partial charge in [0.2, 0.25) is 0 Å². The number of nitrogens with one attached hydrogen (secondary N) is 1. The van der Waals surface area contributed by atoms with Gasteiger partial charge in [-0.3, -0.25) is 4.79 Å². The van der Waals surface area contributed by atoms with Crippen LogP contribution < -0.4 is 10.3 Å². The Balaban J connectivity index is 2.10. The van der Waals surface area contributed by atoms with Crippen molar-refractivity contribution in [3.8, 4) is 5.75 Å². The Morgan fingerprint density at radius 2 is 1.85 bits per heavy atom. The number of rotatable bonds is 5. The van der Waals surface area contributed by atoms with Gasteiger partial charge in [0.1, 0.15) is 11.6 Å². The molecule has 0 spiro atoms. The van der Waals surface area contributed by atoms with Crippen molar-refractivity contribution in [3.63, 3.8) is 0 Å². The van der Waals surface area contributed by atoms with E-state index in [1.54, 1.807) is 12.1 Å². The average molecular weight is 369 g/mol. The van der Waals surface area contributed by atoms with Crippen molar-refractivity contribution in [1.29, 1.82) is 0 Å². The summed E-state index contributed by atoms with van der Waals surface area (Å²) < 4.78 is 23.4. The molecule has 0 aliphatic carbocycles. The van der Waals surface area contributed by atoms with Gasteiger partial charge in [-0.05, 0) is 54.8 Å². The molecule has 0 bridgehead atoms. The summed E-state index contributed by atoms with van der Waals surface area (Å²) in [5, 5.41) is 0.737. The smallest absolute Gasteiger partial charge is 0.343 e. The number of aryl methyl sites for hydroxylation is 2. The lowest BCUT2D eigenvalue weighted by atomic mass is 9.97. The van der Waals surface area contributed by atoms with Crippen molar-refractivity contribution in [1.82, 2.24) is 4.98 Å². The maximum absolute atomic E-state index is 13.1. The number of fused-ring (bicyclic) bond motifs is 1. The number of halogens is 1. The second-order valence-electron chi connectivity index (χ2n) is 6.41. The summed E-state index contributed by atoms with van der Waals surface area (Å²) in [5.74, 6) is -0.306. The highest BCUT2D eigenvalue weighted by Gasteiger charge is 2.15. The number of pyridine rings is 1. The molecule has 1 heterocycles. The van der Waals surface area contributed by atoms with Gasteiger partial charge >= 0.3 is 5.97 Å². The van der Waals surface area contributed by atoms with Gasteiger partial charge in [0, 0.05) is 17.4 Å². The Morgan fingerprint density at radius 3 is 2.52 bits per heavy atom. The van der Waals surface area contributed by atoms with E-state index in [4.69, 9.17) is 4.74 Å². The standard InChI is InChI=1S/C21H20FNO4/c1-12-8-17-20(18(9-12)27-11-19(24)26-3)13(2)16(21(25)23-17)10-14-4-6-15(22)7-5-14/h4-9H,10-11H2,1-3H3,(H,23,25). The molecule has 6 heteroatoms. The minimum absolute atomic E-state index is 0.200. The lowest BCUT2D eigenvalue weighted by Gasteiger charge is -2.14. The average Bonchev–Trinajstić information content (AvgIpc) is 2.63. The van der Waals surface area contributed by atoms with Gasteiger partial charge in [-0.2, -0.15) is 0 Å². The summed E-state index contributed by atoms with van der Waals surface area (Å²) >= 11 is 0. The first-order valence-corrected chi connectivity index (χ1v) is 8.49. The highest BCUT2D eigenvalue weighted by Crippen LogP contribution is 2.30. The first-order chi connectivity index (χ1) is 12.9. The highest BCUT2D eigenvalue weighted by atomic mass is 19.1. The normalized spacial score (nSPS) is 10.8. The van der Waals surface area contributed by atoms with Crippen LogP contribution in [0.5, 0.6) is 5.75 Å². The molecule has 0 amide bonds. The first kappa shape index (κ1) is 18.6. The lowest BCUT2D eigenvalue weighted by Crippen LogP contribution is -2.17. The summed E-state index contributed by atoms with van der Waals surface area (Å²) in [5.41, 5.74) is 3.49. The van der Waals surface area contributed by atoms with Crippen LogP contribution in [0.1, 0.15) is 22.3 Å². The minimum Gasteiger partial charge on any atom is -0.481 e. The van der Waals surface area contributed by atoms with Crippen molar-refractivity contribution in [2.24, 2.45) is 0 Å². The summed E-state index contributed by atoms with van der Waals surface area (Å²) in [6.07, 6.45) is 0.363. The molecular weight excluding hydrogens is 349 g/mol. The Kier molecular flexibility index (Phi) is 5.26. The third-order valence-corrected chi connectivity index (χ3v) is 4.46. The quantitative estimate of drug-likeness (QED) is 0.700. The molecule has 140 valence electrons. The molecule has 2 aromatic carbocycles. The monoisotopic (exact) mass is 369 g/mol. The second kappa shape index (κ2) is 7.61. The number of carbonyl (C=O) groups excluding carboxylic acids is 1. The van der Waals surface area contributed by atoms with Gasteiger partial charge in [0.25, 0.3) is 5.56 Å². The SMILES string of the molecule is COC(=O)COc1cc(C)cc2[nH]c(=O)c(Cc3ccc(F)cc3)c(C)c12. The predicted molar refractivity (Wildman–Crippen MR) is 101 cm³/mol. The van der Waals surface area contributed by atoms with Crippen LogP contribution in [0.2, 0.25) is 0 Å². The van der Waals surface area contributed by atoms with Crippen molar-refractivity contribution < 1.29 is 18.7 Å². The van der Waals surface area contributed by atoms with E-state index in [2.05, 4.69) is 9.72 Å². The zero-order chi connectivity index (χ0) is 19.6. The van der Waals surface area contributed by atoms with Gasteiger partial charge in [-0.25, -0.2) is 9.18 Å². The molecule has 5 nitrogen and oxygen atoms in total. The largest absolute Gasteiger partial charge is 0.481 e. The van der Waals surface area contributed by atoms with E-state index in [-0.39, 0.29) is 18.0 Å². The summed E-state index contributed by atoms with van der Waals surface area (Å²) in [7, 11) is 1.30. The van der Waals surface area contributed by atoms with Gasteiger partial charge in [-0.1, -0.05) is 12.1 Å². The third kappa shape index (κ3) is 4.00. The van der Waals surface area contributed by atoms with E-state index in [0.29, 0.717) is 23.3 Å². The van der Waals surface area contributed by atoms with E-state index in [0.717, 1.165) is 22.1 Å². The molecule has 1 aromatic heterocycles. The Hall–Kier alpha value is -3.15. The molecule has 0 aliphatic rings. The molecule has 0 atom stereocenters. The van der Waals surface area contributed by atoms with Crippen LogP contribution in [-0.4, -0.2) is 24.7 Å². The molecule has 27 heavy (non-hydrogen) atoms. The van der Waals surface area contributed by atoms with Crippen molar-refractivity contribution in [2.75, 3.05) is 13.7 Å². The number of hydrogen-bond acceptors (Lipinski definition) is 4. The van der Waals surface area contributed by atoms with Crippen molar-refractivity contribution >= 4 is 16.9 Å². The predicted octanol–water partition coefficient (Wildman–Crippen LogP) is 3.43. The van der Waals surface area contributed by atoms with Gasteiger partial charge in [0.15, 0.2) is 6.61 Å². The van der Waals surface area contributed by atoms with Crippen molar-refractivity contribution in [2.45, 2.75) is 20.3 Å². The van der Waals surface area contributed by atoms with E-state index >= 15 is 0 Å². The molecule has 0 aliphatic heterocycles. The summed E-state index contributed by atoms with van der Waals surface area (Å²) in [6, 6.07) is 9.72. The number of benzene rings is 2. The molecule has 0 fully saturated rings. The Morgan fingerprint density at radius 1 is 1.15 bits per heavy atom. The zero-order valence-electron chi connectivity index (χ0n) is 15.4. The van der Waals surface area contributed by atoms with Gasteiger partial charge in [-0.15, -0.1) is 0 Å². The number of aromatic amines is 1. The molecule has 0 radical (unpaired) electrons. The molecule has 0 saturated carbocycles. The molecule has 0 unspecified atom stereocenters. The number of H-pyrrole nitrogens is 1. The lowest BCUT2D eigenvalue weighted by molar-refractivity contribution is -0.142. The number of hydrogen-bond donors (Lipinski definition) is 1. The van der Waals surface area contributed by atoms with E-state index in [1.165, 1.54) is 19.2 Å². The van der Waals surface area contributed by atoms with Crippen LogP contribution in [0.3, 0.4) is 0 Å². The number of carbonyl (C=O) groups is 1. The molecule has 1 N–H and O–H groups in total. The zero-order valence-corrected chi connectivity index (χ0v) is 15.4. The molecule has 0 saturated heterocycles. The number of ether oxygens (including phenoxy) is 2. The van der Waals surface area contributed by atoms with E-state index < -0.39 is 5.97 Å². The highest BCUT2D eigenvalue weighted by molar-refractivity contribution is 5.90. The number of esters is 1. The van der Waals surface area contributed by atoms with Crippen LogP contribution in [0, 0.1) is 19.7 Å². The fourth-order valence-corrected chi connectivity index (χ4v) is 3.09. The summed E-state index contributed by atoms with van der Waals surface area (Å²) in [6.45, 7) is 3.50. The van der Waals surface area contributed by atoms with Crippen LogP contribution in [0.25, 0.3) is 10.9 Å². The van der Waals surface area contributed by atoms with Crippen LogP contribution in [0.15, 0.2) is 41.2 Å². The fourth-order valence-electron chi connectivity index (χ4n) is 3.09. The minimum atomic E-state index is -0.488. The molecule has 3 aromatic rings. The maximum atomic E-state index is 13.1. The van der Waals surface area contributed by atoms with Crippen LogP contribution >= 0.6 is 0 Å². The topological polar surface area (TPSA) is 68.4 Å². The third-order valence-electron chi connectivity index (χ3n) is 4.46. The van der Waals surface area contributed by atoms with Gasteiger partial charge in [0.05, 0.1) is 12.6 Å². The molecular formula is C21H20FNO4. The van der Waals surface area contributed by atoms with E-state index in [1.807, 2.05) is 26.0 Å². The van der Waals surface area contributed by atoms with Crippen LogP contribution in [-0.2, 0) is 16.0 Å². The van der Waals surface area contributed by atoms with Crippen molar-refractivity contribution in [3.05, 3.63) is 74.8 Å². The van der Waals surface area contributed by atoms with Gasteiger partial charge < -0.3 is 14.5 Å². The first-order valence-electron chi connectivity index (χ1n) is 8.49. The fraction of sp³-hybridized carbons (Fsp3) is 0.238. The number of aromatic nitrogens is 1. The summed E-state index contributed by atoms with van der Waals surface area (Å²) in [4.78, 5) is 26.9. The van der Waals surface area contributed by atoms with E-state index in [9.17, 15) is 14.0 Å². The Labute approximate surface area is 155 Å². The Bertz CT molecular complexity index is 1050. The van der Waals surface area contributed by atoms with Crippen LogP contribution in [0.4, 0.5) is 4.39 Å².